The number of nitrogens with one attached hydrogen (secondary N) is 2. The molecule has 0 saturated heterocycles. The Bertz CT molecular complexity index is 1100. The molecule has 0 atom stereocenters. The van der Waals surface area contributed by atoms with Crippen LogP contribution in [0.5, 0.6) is 5.75 Å². The van der Waals surface area contributed by atoms with Gasteiger partial charge in [0.15, 0.2) is 0 Å². The molecule has 3 aromatic rings. The Labute approximate surface area is 159 Å². The van der Waals surface area contributed by atoms with Crippen LogP contribution in [0.1, 0.15) is 15.9 Å². The zero-order valence-corrected chi connectivity index (χ0v) is 15.7. The third-order valence-corrected chi connectivity index (χ3v) is 6.47. The molecule has 0 fully saturated rings. The van der Waals surface area contributed by atoms with E-state index in [-0.39, 0.29) is 15.5 Å². The predicted molar refractivity (Wildman–Crippen MR) is 102 cm³/mol. The van der Waals surface area contributed by atoms with Gasteiger partial charge in [-0.25, -0.2) is 12.8 Å². The van der Waals surface area contributed by atoms with E-state index in [1.54, 1.807) is 18.4 Å². The molecule has 3 N–H and O–H groups in total. The summed E-state index contributed by atoms with van der Waals surface area (Å²) in [6.45, 7) is 1.64. The summed E-state index contributed by atoms with van der Waals surface area (Å²) in [4.78, 5) is 12.4. The number of benzene rings is 2. The van der Waals surface area contributed by atoms with Crippen molar-refractivity contribution < 1.29 is 22.7 Å². The summed E-state index contributed by atoms with van der Waals surface area (Å²) in [5.41, 5.74) is 1.01. The highest BCUT2D eigenvalue weighted by molar-refractivity contribution is 7.94. The maximum Gasteiger partial charge on any atom is 0.271 e. The van der Waals surface area contributed by atoms with E-state index in [1.807, 2.05) is 0 Å². The molecule has 1 aromatic heterocycles. The number of anilines is 2. The van der Waals surface area contributed by atoms with E-state index in [1.165, 1.54) is 36.4 Å². The average molecular weight is 406 g/mol. The van der Waals surface area contributed by atoms with Crippen LogP contribution in [0.3, 0.4) is 0 Å². The van der Waals surface area contributed by atoms with Crippen LogP contribution in [0.25, 0.3) is 0 Å². The molecule has 0 saturated carbocycles. The molecule has 0 spiro atoms. The highest BCUT2D eigenvalue weighted by atomic mass is 32.2. The molecule has 9 heteroatoms. The Morgan fingerprint density at radius 1 is 1.15 bits per heavy atom. The molecule has 2 aromatic carbocycles. The first-order chi connectivity index (χ1) is 12.8. The summed E-state index contributed by atoms with van der Waals surface area (Å²) in [6.07, 6.45) is 0. The fraction of sp³-hybridized carbons (Fsp3) is 0.0556. The number of carbonyl (C=O) groups excluding carboxylic acids is 1. The standard InChI is InChI=1S/C18H15FN2O4S2/c1-11-9-12(19)4-7-15(11)20-18(23)14-6-5-13(10-16(14)22)21-27(24,25)17-3-2-8-26-17/h2-10,21-22H,1H3,(H,20,23). The number of hydrogen-bond acceptors (Lipinski definition) is 5. The van der Waals surface area contributed by atoms with E-state index in [0.29, 0.717) is 11.3 Å². The Hall–Kier alpha value is -2.91. The minimum absolute atomic E-state index is 0.0437. The summed E-state index contributed by atoms with van der Waals surface area (Å²) in [7, 11) is -3.76. The molecular formula is C18H15FN2O4S2. The highest BCUT2D eigenvalue weighted by Gasteiger charge is 2.18. The van der Waals surface area contributed by atoms with Crippen LogP contribution in [0, 0.1) is 12.7 Å². The fourth-order valence-electron chi connectivity index (χ4n) is 2.37. The number of rotatable bonds is 5. The molecule has 1 heterocycles. The summed E-state index contributed by atoms with van der Waals surface area (Å²) in [5, 5.41) is 14.3. The molecular weight excluding hydrogens is 391 g/mol. The van der Waals surface area contributed by atoms with Crippen molar-refractivity contribution in [2.45, 2.75) is 11.1 Å². The fourth-order valence-corrected chi connectivity index (χ4v) is 4.41. The van der Waals surface area contributed by atoms with Gasteiger partial charge in [-0.1, -0.05) is 6.07 Å². The summed E-state index contributed by atoms with van der Waals surface area (Å²) in [5.74, 6) is -1.41. The van der Waals surface area contributed by atoms with Gasteiger partial charge in [0.25, 0.3) is 15.9 Å². The van der Waals surface area contributed by atoms with Crippen molar-refractivity contribution in [2.75, 3.05) is 10.0 Å². The number of amides is 1. The highest BCUT2D eigenvalue weighted by Crippen LogP contribution is 2.26. The molecule has 140 valence electrons. The van der Waals surface area contributed by atoms with Gasteiger partial charge in [-0.15, -0.1) is 11.3 Å². The number of phenolic OH excluding ortho intramolecular Hbond substituents is 1. The van der Waals surface area contributed by atoms with Crippen molar-refractivity contribution in [3.63, 3.8) is 0 Å². The number of carbonyl (C=O) groups is 1. The topological polar surface area (TPSA) is 95.5 Å². The summed E-state index contributed by atoms with van der Waals surface area (Å²) < 4.78 is 40.0. The minimum atomic E-state index is -3.76. The number of hydrogen-bond donors (Lipinski definition) is 3. The third-order valence-electron chi connectivity index (χ3n) is 3.69. The van der Waals surface area contributed by atoms with Gasteiger partial charge in [-0.2, -0.15) is 0 Å². The van der Waals surface area contributed by atoms with Crippen molar-refractivity contribution in [1.29, 1.82) is 0 Å². The van der Waals surface area contributed by atoms with Gasteiger partial charge in [0.1, 0.15) is 15.8 Å². The van der Waals surface area contributed by atoms with Crippen molar-refractivity contribution >= 4 is 38.6 Å². The molecule has 0 aliphatic rings. The monoisotopic (exact) mass is 406 g/mol. The quantitative estimate of drug-likeness (QED) is 0.598. The molecule has 0 aliphatic heterocycles. The second kappa shape index (κ2) is 7.37. The van der Waals surface area contributed by atoms with Gasteiger partial charge < -0.3 is 10.4 Å². The number of aromatic hydroxyl groups is 1. The van der Waals surface area contributed by atoms with Gasteiger partial charge >= 0.3 is 0 Å². The average Bonchev–Trinajstić information content (AvgIpc) is 3.12. The van der Waals surface area contributed by atoms with Gasteiger partial charge in [0.2, 0.25) is 0 Å². The number of phenols is 1. The van der Waals surface area contributed by atoms with E-state index in [0.717, 1.165) is 17.4 Å². The zero-order valence-electron chi connectivity index (χ0n) is 14.1. The van der Waals surface area contributed by atoms with E-state index in [2.05, 4.69) is 10.0 Å². The molecule has 0 unspecified atom stereocenters. The third kappa shape index (κ3) is 4.26. The number of halogens is 1. The molecule has 6 nitrogen and oxygen atoms in total. The van der Waals surface area contributed by atoms with Crippen LogP contribution < -0.4 is 10.0 Å². The Morgan fingerprint density at radius 3 is 2.56 bits per heavy atom. The van der Waals surface area contributed by atoms with Crippen LogP contribution in [-0.4, -0.2) is 19.4 Å². The van der Waals surface area contributed by atoms with E-state index in [9.17, 15) is 22.7 Å². The maximum absolute atomic E-state index is 13.1. The predicted octanol–water partition coefficient (Wildman–Crippen LogP) is 3.95. The molecule has 1 amide bonds. The minimum Gasteiger partial charge on any atom is -0.507 e. The van der Waals surface area contributed by atoms with E-state index < -0.39 is 27.5 Å². The van der Waals surface area contributed by atoms with Gasteiger partial charge in [-0.3, -0.25) is 9.52 Å². The first-order valence-electron chi connectivity index (χ1n) is 7.73. The van der Waals surface area contributed by atoms with Crippen molar-refractivity contribution in [3.8, 4) is 5.75 Å². The molecule has 3 rings (SSSR count). The summed E-state index contributed by atoms with van der Waals surface area (Å²) >= 11 is 1.06. The van der Waals surface area contributed by atoms with Gasteiger partial charge in [-0.05, 0) is 54.3 Å². The van der Waals surface area contributed by atoms with Crippen LogP contribution in [0.4, 0.5) is 15.8 Å². The molecule has 27 heavy (non-hydrogen) atoms. The molecule has 0 aliphatic carbocycles. The lowest BCUT2D eigenvalue weighted by atomic mass is 10.1. The van der Waals surface area contributed by atoms with E-state index >= 15 is 0 Å². The Balaban J connectivity index is 1.79. The van der Waals surface area contributed by atoms with E-state index in [4.69, 9.17) is 0 Å². The van der Waals surface area contributed by atoms with Gasteiger partial charge in [0.05, 0.1) is 11.3 Å². The lowest BCUT2D eigenvalue weighted by molar-refractivity contribution is 0.102. The zero-order chi connectivity index (χ0) is 19.6. The lowest BCUT2D eigenvalue weighted by Gasteiger charge is -2.11. The van der Waals surface area contributed by atoms with Crippen molar-refractivity contribution in [2.24, 2.45) is 0 Å². The Morgan fingerprint density at radius 2 is 1.93 bits per heavy atom. The number of aryl methyl sites for hydroxylation is 1. The van der Waals surface area contributed by atoms with Crippen molar-refractivity contribution in [3.05, 3.63) is 70.9 Å². The van der Waals surface area contributed by atoms with Crippen LogP contribution in [0.2, 0.25) is 0 Å². The van der Waals surface area contributed by atoms with Crippen LogP contribution in [-0.2, 0) is 10.0 Å². The maximum atomic E-state index is 13.1. The van der Waals surface area contributed by atoms with Crippen molar-refractivity contribution in [1.82, 2.24) is 0 Å². The lowest BCUT2D eigenvalue weighted by Crippen LogP contribution is -2.14. The smallest absolute Gasteiger partial charge is 0.271 e. The SMILES string of the molecule is Cc1cc(F)ccc1NC(=O)c1ccc(NS(=O)(=O)c2cccs2)cc1O. The second-order valence-electron chi connectivity index (χ2n) is 5.68. The van der Waals surface area contributed by atoms with Gasteiger partial charge in [0, 0.05) is 11.8 Å². The first kappa shape index (κ1) is 18.9. The number of sulfonamides is 1. The molecule has 0 radical (unpaired) electrons. The molecule has 0 bridgehead atoms. The van der Waals surface area contributed by atoms with Crippen LogP contribution >= 0.6 is 11.3 Å². The first-order valence-corrected chi connectivity index (χ1v) is 10.1. The largest absolute Gasteiger partial charge is 0.507 e. The summed E-state index contributed by atoms with van der Waals surface area (Å²) in [6, 6.07) is 10.8. The Kier molecular flexibility index (Phi) is 5.15. The second-order valence-corrected chi connectivity index (χ2v) is 8.54. The normalized spacial score (nSPS) is 11.2. The van der Waals surface area contributed by atoms with Crippen LogP contribution in [0.15, 0.2) is 58.1 Å². The number of thiophene rings is 1.